The van der Waals surface area contributed by atoms with Crippen molar-refractivity contribution in [2.24, 2.45) is 0 Å². The molecule has 4 rings (SSSR count). The Morgan fingerprint density at radius 3 is 2.62 bits per heavy atom. The van der Waals surface area contributed by atoms with E-state index >= 15 is 0 Å². The van der Waals surface area contributed by atoms with Gasteiger partial charge in [-0.2, -0.15) is 4.98 Å². The average molecular weight is 431 g/mol. The van der Waals surface area contributed by atoms with Crippen LogP contribution in [-0.2, 0) is 10.0 Å². The lowest BCUT2D eigenvalue weighted by atomic mass is 10.1. The van der Waals surface area contributed by atoms with Crippen molar-refractivity contribution in [1.82, 2.24) is 14.7 Å². The van der Waals surface area contributed by atoms with E-state index in [0.29, 0.717) is 33.3 Å². The number of furan rings is 1. The number of nitrogens with zero attached hydrogens (tertiary/aromatic N) is 2. The number of sulfonamides is 1. The predicted octanol–water partition coefficient (Wildman–Crippen LogP) is 4.16. The first-order chi connectivity index (χ1) is 13.7. The molecular weight excluding hydrogens is 416 g/mol. The molecule has 0 spiro atoms. The summed E-state index contributed by atoms with van der Waals surface area (Å²) in [5, 5.41) is 4.12. The Bertz CT molecular complexity index is 1380. The SMILES string of the molecule is Cc1cc2c(C)nc(NC(=O)NS(=O)(=O)c3c(Cl)ccc4ccccc34)nc2o1. The van der Waals surface area contributed by atoms with Gasteiger partial charge in [0.2, 0.25) is 11.7 Å². The van der Waals surface area contributed by atoms with Crippen molar-refractivity contribution in [2.75, 3.05) is 5.32 Å². The second kappa shape index (κ2) is 7.02. The van der Waals surface area contributed by atoms with E-state index in [0.717, 1.165) is 0 Å². The minimum absolute atomic E-state index is 0.00331. The van der Waals surface area contributed by atoms with Crippen molar-refractivity contribution < 1.29 is 17.6 Å². The lowest BCUT2D eigenvalue weighted by molar-refractivity contribution is 0.256. The van der Waals surface area contributed by atoms with E-state index in [-0.39, 0.29) is 15.9 Å². The molecule has 10 heteroatoms. The molecule has 0 saturated carbocycles. The number of aryl methyl sites for hydroxylation is 2. The van der Waals surface area contributed by atoms with E-state index in [2.05, 4.69) is 15.3 Å². The van der Waals surface area contributed by atoms with Crippen molar-refractivity contribution in [1.29, 1.82) is 0 Å². The number of hydrogen-bond donors (Lipinski definition) is 2. The number of hydrogen-bond acceptors (Lipinski definition) is 6. The maximum atomic E-state index is 12.8. The fraction of sp³-hybridized carbons (Fsp3) is 0.105. The number of nitrogens with one attached hydrogen (secondary N) is 2. The molecule has 0 radical (unpaired) electrons. The maximum absolute atomic E-state index is 12.8. The Hall–Kier alpha value is -3.17. The lowest BCUT2D eigenvalue weighted by Gasteiger charge is -2.12. The van der Waals surface area contributed by atoms with Crippen LogP contribution in [0.4, 0.5) is 10.7 Å². The highest BCUT2D eigenvalue weighted by atomic mass is 35.5. The van der Waals surface area contributed by atoms with Gasteiger partial charge >= 0.3 is 6.03 Å². The van der Waals surface area contributed by atoms with Crippen LogP contribution in [0.15, 0.2) is 51.8 Å². The Balaban J connectivity index is 1.64. The van der Waals surface area contributed by atoms with E-state index in [9.17, 15) is 13.2 Å². The number of carbonyl (C=O) groups excluding carboxylic acids is 1. The molecule has 0 atom stereocenters. The largest absolute Gasteiger partial charge is 0.443 e. The quantitative estimate of drug-likeness (QED) is 0.504. The Kier molecular flexibility index (Phi) is 4.64. The fourth-order valence-electron chi connectivity index (χ4n) is 3.03. The first-order valence-electron chi connectivity index (χ1n) is 8.50. The summed E-state index contributed by atoms with van der Waals surface area (Å²) in [7, 11) is -4.26. The van der Waals surface area contributed by atoms with Crippen LogP contribution in [0.2, 0.25) is 5.02 Å². The summed E-state index contributed by atoms with van der Waals surface area (Å²) in [6.45, 7) is 3.50. The van der Waals surface area contributed by atoms with Gasteiger partial charge in [-0.05, 0) is 31.4 Å². The van der Waals surface area contributed by atoms with Gasteiger partial charge in [-0.3, -0.25) is 5.32 Å². The number of amides is 2. The standard InChI is InChI=1S/C19H15ClN4O4S/c1-10-9-14-11(2)21-18(22-17(14)28-10)23-19(25)24-29(26,27)16-13-6-4-3-5-12(13)7-8-15(16)20/h3-9H,1-2H3,(H2,21,22,23,24,25). The number of benzene rings is 2. The molecule has 29 heavy (non-hydrogen) atoms. The number of urea groups is 1. The maximum Gasteiger partial charge on any atom is 0.335 e. The molecular formula is C19H15ClN4O4S. The molecule has 148 valence electrons. The number of halogens is 1. The number of carbonyl (C=O) groups is 1. The molecule has 4 aromatic rings. The van der Waals surface area contributed by atoms with Crippen LogP contribution in [0.25, 0.3) is 21.9 Å². The minimum Gasteiger partial charge on any atom is -0.443 e. The molecule has 2 amide bonds. The van der Waals surface area contributed by atoms with E-state index in [4.69, 9.17) is 16.0 Å². The summed E-state index contributed by atoms with van der Waals surface area (Å²) in [4.78, 5) is 20.4. The van der Waals surface area contributed by atoms with Crippen LogP contribution in [0.1, 0.15) is 11.5 Å². The summed E-state index contributed by atoms with van der Waals surface area (Å²) >= 11 is 6.13. The third kappa shape index (κ3) is 3.62. The van der Waals surface area contributed by atoms with Gasteiger partial charge in [0.05, 0.1) is 16.1 Å². The smallest absolute Gasteiger partial charge is 0.335 e. The van der Waals surface area contributed by atoms with Gasteiger partial charge < -0.3 is 4.42 Å². The normalized spacial score (nSPS) is 11.7. The molecule has 8 nitrogen and oxygen atoms in total. The highest BCUT2D eigenvalue weighted by Gasteiger charge is 2.24. The van der Waals surface area contributed by atoms with Crippen LogP contribution >= 0.6 is 11.6 Å². The van der Waals surface area contributed by atoms with E-state index in [1.807, 2.05) is 4.72 Å². The van der Waals surface area contributed by atoms with Gasteiger partial charge in [0, 0.05) is 5.39 Å². The molecule has 0 unspecified atom stereocenters. The predicted molar refractivity (Wildman–Crippen MR) is 110 cm³/mol. The van der Waals surface area contributed by atoms with Crippen LogP contribution < -0.4 is 10.0 Å². The monoisotopic (exact) mass is 430 g/mol. The summed E-state index contributed by atoms with van der Waals surface area (Å²) in [5.74, 6) is 0.563. The molecule has 2 aromatic carbocycles. The van der Waals surface area contributed by atoms with E-state index in [1.54, 1.807) is 50.2 Å². The van der Waals surface area contributed by atoms with Crippen LogP contribution in [0.3, 0.4) is 0 Å². The third-order valence-electron chi connectivity index (χ3n) is 4.26. The molecule has 2 N–H and O–H groups in total. The molecule has 0 bridgehead atoms. The second-order valence-corrected chi connectivity index (χ2v) is 8.39. The van der Waals surface area contributed by atoms with Gasteiger partial charge in [0.15, 0.2) is 0 Å². The third-order valence-corrected chi connectivity index (χ3v) is 6.12. The van der Waals surface area contributed by atoms with Gasteiger partial charge in [-0.1, -0.05) is 41.9 Å². The molecule has 2 heterocycles. The van der Waals surface area contributed by atoms with Crippen LogP contribution in [0, 0.1) is 13.8 Å². The zero-order valence-electron chi connectivity index (χ0n) is 15.4. The molecule has 0 fully saturated rings. The average Bonchev–Trinajstić information content (AvgIpc) is 3.01. The van der Waals surface area contributed by atoms with Gasteiger partial charge in [-0.15, -0.1) is 0 Å². The van der Waals surface area contributed by atoms with Gasteiger partial charge in [0.25, 0.3) is 10.0 Å². The molecule has 0 aliphatic heterocycles. The summed E-state index contributed by atoms with van der Waals surface area (Å²) < 4.78 is 33.1. The fourth-order valence-corrected chi connectivity index (χ4v) is 4.70. The molecule has 2 aromatic heterocycles. The first kappa shape index (κ1) is 19.2. The Labute approximate surface area is 171 Å². The van der Waals surface area contributed by atoms with E-state index < -0.39 is 16.1 Å². The molecule has 0 aliphatic carbocycles. The number of rotatable bonds is 3. The van der Waals surface area contributed by atoms with Gasteiger partial charge in [0.1, 0.15) is 10.7 Å². The second-order valence-electron chi connectivity index (χ2n) is 6.37. The zero-order chi connectivity index (χ0) is 20.8. The topological polar surface area (TPSA) is 114 Å². The summed E-state index contributed by atoms with van der Waals surface area (Å²) in [6, 6.07) is 10.8. The van der Waals surface area contributed by atoms with Gasteiger partial charge in [-0.25, -0.2) is 22.9 Å². The Morgan fingerprint density at radius 2 is 1.83 bits per heavy atom. The first-order valence-corrected chi connectivity index (χ1v) is 10.4. The highest BCUT2D eigenvalue weighted by molar-refractivity contribution is 7.90. The number of aromatic nitrogens is 2. The lowest BCUT2D eigenvalue weighted by Crippen LogP contribution is -2.35. The van der Waals surface area contributed by atoms with Crippen LogP contribution in [-0.4, -0.2) is 24.4 Å². The summed E-state index contributed by atoms with van der Waals surface area (Å²) in [6.07, 6.45) is 0. The van der Waals surface area contributed by atoms with Crippen molar-refractivity contribution in [3.05, 3.63) is 58.9 Å². The molecule has 0 aliphatic rings. The highest BCUT2D eigenvalue weighted by Crippen LogP contribution is 2.30. The van der Waals surface area contributed by atoms with E-state index in [1.165, 1.54) is 6.07 Å². The van der Waals surface area contributed by atoms with Crippen molar-refractivity contribution in [3.8, 4) is 0 Å². The zero-order valence-corrected chi connectivity index (χ0v) is 16.9. The van der Waals surface area contributed by atoms with Crippen molar-refractivity contribution >= 4 is 55.5 Å². The van der Waals surface area contributed by atoms with Crippen LogP contribution in [0.5, 0.6) is 0 Å². The number of anilines is 1. The number of fused-ring (bicyclic) bond motifs is 2. The summed E-state index contributed by atoms with van der Waals surface area (Å²) in [5.41, 5.74) is 0.882. The molecule has 0 saturated heterocycles. The van der Waals surface area contributed by atoms with Crippen molar-refractivity contribution in [3.63, 3.8) is 0 Å². The Morgan fingerprint density at radius 1 is 1.07 bits per heavy atom. The minimum atomic E-state index is -4.26. The van der Waals surface area contributed by atoms with Crippen molar-refractivity contribution in [2.45, 2.75) is 18.7 Å².